The van der Waals surface area contributed by atoms with E-state index < -0.39 is 10.4 Å². The van der Waals surface area contributed by atoms with Crippen molar-refractivity contribution in [1.29, 1.82) is 0 Å². The van der Waals surface area contributed by atoms with Crippen molar-refractivity contribution in [3.63, 3.8) is 0 Å². The fourth-order valence-electron chi connectivity index (χ4n) is 0.586. The van der Waals surface area contributed by atoms with E-state index in [4.69, 9.17) is 10.5 Å². The molecule has 0 rings (SSSR count). The molecular weight excluding hydrogens is 222 g/mol. The van der Waals surface area contributed by atoms with Crippen LogP contribution in [0.2, 0.25) is 0 Å². The van der Waals surface area contributed by atoms with Crippen LogP contribution in [-0.2, 0) is 23.5 Å². The Morgan fingerprint density at radius 2 is 1.47 bits per heavy atom. The maximum Gasteiger partial charge on any atom is 0.399 e. The molecule has 0 bridgehead atoms. The summed E-state index contributed by atoms with van der Waals surface area (Å²) >= 11 is 0. The number of rotatable bonds is 6. The molecule has 15 heavy (non-hydrogen) atoms. The molecule has 0 aliphatic carbocycles. The molecular formula is C8H21NO5S. The maximum absolute atomic E-state index is 10.4. The Morgan fingerprint density at radius 1 is 1.07 bits per heavy atom. The molecule has 7 heteroatoms. The van der Waals surface area contributed by atoms with E-state index in [9.17, 15) is 8.42 Å². The van der Waals surface area contributed by atoms with Crippen molar-refractivity contribution in [3.05, 3.63) is 0 Å². The second-order valence-electron chi connectivity index (χ2n) is 2.38. The molecule has 0 heterocycles. The van der Waals surface area contributed by atoms with Gasteiger partial charge in [-0.15, -0.1) is 0 Å². The first kappa shape index (κ1) is 17.2. The van der Waals surface area contributed by atoms with Crippen LogP contribution in [-0.4, -0.2) is 34.5 Å². The zero-order valence-corrected chi connectivity index (χ0v) is 10.5. The maximum atomic E-state index is 10.4. The average Bonchev–Trinajstić information content (AvgIpc) is 2.03. The van der Waals surface area contributed by atoms with Crippen molar-refractivity contribution in [1.82, 2.24) is 0 Å². The van der Waals surface area contributed by atoms with Gasteiger partial charge >= 0.3 is 10.4 Å². The quantitative estimate of drug-likeness (QED) is 0.688. The van der Waals surface area contributed by atoms with Crippen LogP contribution in [0.5, 0.6) is 0 Å². The topological polar surface area (TPSA) is 87.9 Å². The van der Waals surface area contributed by atoms with Crippen LogP contribution in [0.1, 0.15) is 27.7 Å². The summed E-state index contributed by atoms with van der Waals surface area (Å²) in [6.45, 7) is 7.82. The van der Waals surface area contributed by atoms with E-state index in [1.54, 1.807) is 13.8 Å². The average molecular weight is 243 g/mol. The number of ether oxygens (including phenoxy) is 1. The monoisotopic (exact) mass is 243 g/mol. The van der Waals surface area contributed by atoms with Crippen LogP contribution in [0, 0.1) is 0 Å². The number of nitrogens with two attached hydrogens (primary N) is 1. The molecule has 1 unspecified atom stereocenters. The van der Waals surface area contributed by atoms with Gasteiger partial charge in [0.15, 0.2) is 0 Å². The Kier molecular flexibility index (Phi) is 11.8. The molecule has 0 fully saturated rings. The summed E-state index contributed by atoms with van der Waals surface area (Å²) < 4.78 is 34.0. The fourth-order valence-corrected chi connectivity index (χ4v) is 1.23. The predicted octanol–water partition coefficient (Wildman–Crippen LogP) is 0.632. The van der Waals surface area contributed by atoms with E-state index in [0.29, 0.717) is 6.61 Å². The van der Waals surface area contributed by atoms with Gasteiger partial charge in [-0.05, 0) is 27.7 Å². The number of hydrogen-bond donors (Lipinski definition) is 1. The van der Waals surface area contributed by atoms with Gasteiger partial charge in [0.2, 0.25) is 0 Å². The Hall–Kier alpha value is -0.210. The van der Waals surface area contributed by atoms with Gasteiger partial charge in [0.25, 0.3) is 0 Å². The van der Waals surface area contributed by atoms with Crippen LogP contribution < -0.4 is 5.73 Å². The van der Waals surface area contributed by atoms with Gasteiger partial charge in [-0.25, -0.2) is 8.37 Å². The van der Waals surface area contributed by atoms with E-state index in [1.165, 1.54) is 0 Å². The van der Waals surface area contributed by atoms with Gasteiger partial charge in [0.05, 0.1) is 13.2 Å². The van der Waals surface area contributed by atoms with Gasteiger partial charge in [-0.1, -0.05) is 0 Å². The lowest BCUT2D eigenvalue weighted by Gasteiger charge is -2.00. The Morgan fingerprint density at radius 3 is 1.60 bits per heavy atom. The van der Waals surface area contributed by atoms with E-state index >= 15 is 0 Å². The summed E-state index contributed by atoms with van der Waals surface area (Å²) in [7, 11) is -3.68. The zero-order chi connectivity index (χ0) is 12.3. The van der Waals surface area contributed by atoms with Gasteiger partial charge < -0.3 is 10.5 Å². The van der Waals surface area contributed by atoms with Crippen LogP contribution in [0.15, 0.2) is 0 Å². The molecule has 2 N–H and O–H groups in total. The summed E-state index contributed by atoms with van der Waals surface area (Å²) in [5.74, 6) is 0. The van der Waals surface area contributed by atoms with Crippen molar-refractivity contribution >= 4 is 10.4 Å². The van der Waals surface area contributed by atoms with Gasteiger partial charge in [-0.2, -0.15) is 8.42 Å². The summed E-state index contributed by atoms with van der Waals surface area (Å²) in [5, 5.41) is 0. The van der Waals surface area contributed by atoms with Crippen LogP contribution in [0.4, 0.5) is 0 Å². The van der Waals surface area contributed by atoms with E-state index in [0.717, 1.165) is 0 Å². The SMILES string of the molecule is CCOC(C)N.CCOS(=O)(=O)OCC. The molecule has 6 nitrogen and oxygen atoms in total. The first-order valence-corrected chi connectivity index (χ1v) is 6.13. The second-order valence-corrected chi connectivity index (χ2v) is 3.67. The molecule has 0 radical (unpaired) electrons. The number of hydrogen-bond acceptors (Lipinski definition) is 6. The predicted molar refractivity (Wildman–Crippen MR) is 57.4 cm³/mol. The van der Waals surface area contributed by atoms with Gasteiger partial charge in [-0.3, -0.25) is 0 Å². The van der Waals surface area contributed by atoms with Crippen molar-refractivity contribution in [2.24, 2.45) is 5.73 Å². The molecule has 1 atom stereocenters. The summed E-state index contributed by atoms with van der Waals surface area (Å²) in [4.78, 5) is 0. The highest BCUT2D eigenvalue weighted by Gasteiger charge is 2.06. The Balaban J connectivity index is 0. The second kappa shape index (κ2) is 10.3. The normalized spacial score (nSPS) is 12.9. The molecule has 0 aromatic rings. The lowest BCUT2D eigenvalue weighted by atomic mass is 10.7. The zero-order valence-electron chi connectivity index (χ0n) is 9.73. The fraction of sp³-hybridized carbons (Fsp3) is 1.00. The van der Waals surface area contributed by atoms with Crippen molar-refractivity contribution in [2.75, 3.05) is 19.8 Å². The van der Waals surface area contributed by atoms with E-state index in [2.05, 4.69) is 8.37 Å². The Labute approximate surface area is 92.0 Å². The van der Waals surface area contributed by atoms with Crippen molar-refractivity contribution in [3.8, 4) is 0 Å². The highest BCUT2D eigenvalue weighted by Crippen LogP contribution is 1.93. The van der Waals surface area contributed by atoms with E-state index in [-0.39, 0.29) is 19.4 Å². The minimum atomic E-state index is -3.68. The highest BCUT2D eigenvalue weighted by atomic mass is 32.3. The summed E-state index contributed by atoms with van der Waals surface area (Å²) in [5.41, 5.74) is 5.18. The highest BCUT2D eigenvalue weighted by molar-refractivity contribution is 7.81. The molecule has 0 aliphatic heterocycles. The lowest BCUT2D eigenvalue weighted by molar-refractivity contribution is 0.0814. The lowest BCUT2D eigenvalue weighted by Crippen LogP contribution is -2.18. The standard InChI is InChI=1S/C4H11NO.C4H10O4S/c1-3-6-4(2)5;1-3-7-9(5,6)8-4-2/h4H,3,5H2,1-2H3;3-4H2,1-2H3. The molecule has 0 aliphatic rings. The molecule has 94 valence electrons. The third-order valence-corrected chi connectivity index (χ3v) is 2.00. The van der Waals surface area contributed by atoms with Crippen molar-refractivity contribution < 1.29 is 21.5 Å². The third kappa shape index (κ3) is 16.5. The van der Waals surface area contributed by atoms with Crippen LogP contribution in [0.25, 0.3) is 0 Å². The minimum absolute atomic E-state index is 0.102. The smallest absolute Gasteiger partial charge is 0.364 e. The van der Waals surface area contributed by atoms with E-state index in [1.807, 2.05) is 13.8 Å². The Bertz CT molecular complexity index is 203. The first-order chi connectivity index (χ1) is 6.89. The summed E-state index contributed by atoms with van der Waals surface area (Å²) in [6, 6.07) is 0. The molecule has 0 amide bonds. The van der Waals surface area contributed by atoms with Crippen LogP contribution >= 0.6 is 0 Å². The molecule has 0 spiro atoms. The molecule has 0 saturated carbocycles. The van der Waals surface area contributed by atoms with Gasteiger partial charge in [0, 0.05) is 6.61 Å². The third-order valence-electron chi connectivity index (χ3n) is 0.954. The first-order valence-electron chi connectivity index (χ1n) is 4.80. The largest absolute Gasteiger partial charge is 0.399 e. The molecule has 0 saturated heterocycles. The van der Waals surface area contributed by atoms with Crippen LogP contribution in [0.3, 0.4) is 0 Å². The summed E-state index contributed by atoms with van der Waals surface area (Å²) in [6.07, 6.45) is -0.102. The minimum Gasteiger partial charge on any atom is -0.364 e. The van der Waals surface area contributed by atoms with Gasteiger partial charge in [0.1, 0.15) is 6.23 Å². The molecule has 0 aromatic heterocycles. The van der Waals surface area contributed by atoms with Crippen molar-refractivity contribution in [2.45, 2.75) is 33.9 Å². The molecule has 0 aromatic carbocycles.